The van der Waals surface area contributed by atoms with Crippen molar-refractivity contribution < 1.29 is 80.2 Å². The van der Waals surface area contributed by atoms with Crippen LogP contribution in [0.2, 0.25) is 0 Å². The number of hydrogen-bond acceptors (Lipinski definition) is 15. The minimum Gasteiger partial charge on any atom is -0.462 e. The van der Waals surface area contributed by atoms with Crippen molar-refractivity contribution in [2.24, 2.45) is 17.8 Å². The second kappa shape index (κ2) is 67.5. The smallest absolute Gasteiger partial charge is 0.462 e. The summed E-state index contributed by atoms with van der Waals surface area (Å²) in [6, 6.07) is 0. The van der Waals surface area contributed by atoms with Gasteiger partial charge >= 0.3 is 39.5 Å². The first-order valence-electron chi connectivity index (χ1n) is 39.9. The number of rotatable bonds is 75. The first kappa shape index (κ1) is 94.1. The normalized spacial score (nSPS) is 14.6. The summed E-state index contributed by atoms with van der Waals surface area (Å²) < 4.78 is 68.5. The van der Waals surface area contributed by atoms with Crippen molar-refractivity contribution in [3.8, 4) is 0 Å². The van der Waals surface area contributed by atoms with Crippen LogP contribution in [0.1, 0.15) is 395 Å². The van der Waals surface area contributed by atoms with Crippen LogP contribution in [0, 0.1) is 17.8 Å². The number of esters is 4. The Hall–Kier alpha value is -1.94. The van der Waals surface area contributed by atoms with Crippen LogP contribution < -0.4 is 0 Å². The lowest BCUT2D eigenvalue weighted by Crippen LogP contribution is -2.30. The predicted molar refractivity (Wildman–Crippen MR) is 391 cm³/mol. The van der Waals surface area contributed by atoms with E-state index in [-0.39, 0.29) is 25.7 Å². The van der Waals surface area contributed by atoms with Gasteiger partial charge in [-0.25, -0.2) is 9.13 Å². The van der Waals surface area contributed by atoms with E-state index in [9.17, 15) is 43.2 Å². The second-order valence-electron chi connectivity index (χ2n) is 28.7. The number of aliphatic hydroxyl groups excluding tert-OH is 1. The Balaban J connectivity index is 5.19. The van der Waals surface area contributed by atoms with E-state index >= 15 is 0 Å². The fourth-order valence-corrected chi connectivity index (χ4v) is 13.3. The van der Waals surface area contributed by atoms with Crippen molar-refractivity contribution in [1.29, 1.82) is 0 Å². The molecular formula is C77H150O17P2. The zero-order valence-corrected chi connectivity index (χ0v) is 64.6. The van der Waals surface area contributed by atoms with Crippen molar-refractivity contribution in [2.45, 2.75) is 414 Å². The number of phosphoric acid groups is 2. The van der Waals surface area contributed by atoms with Gasteiger partial charge in [-0.2, -0.15) is 0 Å². The molecule has 0 aromatic carbocycles. The molecule has 0 aromatic rings. The van der Waals surface area contributed by atoms with Gasteiger partial charge in [0.15, 0.2) is 12.2 Å². The fraction of sp³-hybridized carbons (Fsp3) is 0.948. The van der Waals surface area contributed by atoms with Crippen LogP contribution in [0.15, 0.2) is 0 Å². The van der Waals surface area contributed by atoms with Gasteiger partial charge in [-0.15, -0.1) is 0 Å². The third-order valence-corrected chi connectivity index (χ3v) is 20.5. The lowest BCUT2D eigenvalue weighted by atomic mass is 9.99. The van der Waals surface area contributed by atoms with Crippen LogP contribution in [0.3, 0.4) is 0 Å². The molecule has 0 spiro atoms. The van der Waals surface area contributed by atoms with E-state index in [0.29, 0.717) is 31.6 Å². The molecule has 3 N–H and O–H groups in total. The molecule has 0 aliphatic rings. The van der Waals surface area contributed by atoms with Gasteiger partial charge in [0, 0.05) is 25.7 Å². The Morgan fingerprint density at radius 2 is 0.531 bits per heavy atom. The summed E-state index contributed by atoms with van der Waals surface area (Å²) in [5.41, 5.74) is 0. The zero-order valence-electron chi connectivity index (χ0n) is 62.8. The molecule has 19 heteroatoms. The molecule has 7 atom stereocenters. The van der Waals surface area contributed by atoms with Crippen LogP contribution in [0.5, 0.6) is 0 Å². The summed E-state index contributed by atoms with van der Waals surface area (Å²) in [4.78, 5) is 72.8. The Labute approximate surface area is 588 Å². The van der Waals surface area contributed by atoms with Crippen molar-refractivity contribution >= 4 is 39.5 Å². The molecule has 0 aromatic heterocycles. The van der Waals surface area contributed by atoms with E-state index in [2.05, 4.69) is 48.5 Å². The monoisotopic (exact) mass is 1410 g/mol. The number of unbranched alkanes of at least 4 members (excludes halogenated alkanes) is 41. The summed E-state index contributed by atoms with van der Waals surface area (Å²) in [6.07, 6.45) is 54.3. The molecule has 0 saturated carbocycles. The van der Waals surface area contributed by atoms with E-state index in [0.717, 1.165) is 108 Å². The fourth-order valence-electron chi connectivity index (χ4n) is 11.7. The van der Waals surface area contributed by atoms with E-state index < -0.39 is 97.5 Å². The molecule has 0 fully saturated rings. The lowest BCUT2D eigenvalue weighted by Gasteiger charge is -2.21. The highest BCUT2D eigenvalue weighted by Crippen LogP contribution is 2.45. The molecule has 17 nitrogen and oxygen atoms in total. The van der Waals surface area contributed by atoms with Gasteiger partial charge in [0.05, 0.1) is 26.4 Å². The average Bonchev–Trinajstić information content (AvgIpc) is 1.50. The minimum atomic E-state index is -4.96. The van der Waals surface area contributed by atoms with Gasteiger partial charge in [-0.3, -0.25) is 37.3 Å². The molecule has 0 aliphatic heterocycles. The molecular weight excluding hydrogens is 1260 g/mol. The summed E-state index contributed by atoms with van der Waals surface area (Å²) in [5.74, 6) is 0.130. The predicted octanol–water partition coefficient (Wildman–Crippen LogP) is 22.6. The van der Waals surface area contributed by atoms with Crippen LogP contribution in [-0.2, 0) is 65.4 Å². The van der Waals surface area contributed by atoms with Gasteiger partial charge in [0.1, 0.15) is 19.3 Å². The van der Waals surface area contributed by atoms with E-state index in [1.54, 1.807) is 0 Å². The maximum absolute atomic E-state index is 13.1. The van der Waals surface area contributed by atoms with Gasteiger partial charge in [-0.1, -0.05) is 344 Å². The molecule has 0 heterocycles. The Morgan fingerprint density at radius 1 is 0.302 bits per heavy atom. The number of carbonyl (C=O) groups is 4. The van der Waals surface area contributed by atoms with Crippen molar-refractivity contribution in [1.82, 2.24) is 0 Å². The highest BCUT2D eigenvalue weighted by molar-refractivity contribution is 7.47. The zero-order chi connectivity index (χ0) is 70.9. The maximum atomic E-state index is 13.1. The molecule has 0 amide bonds. The Bertz CT molecular complexity index is 1870. The van der Waals surface area contributed by atoms with Crippen molar-refractivity contribution in [3.05, 3.63) is 0 Å². The summed E-state index contributed by atoms with van der Waals surface area (Å²) >= 11 is 0. The molecule has 96 heavy (non-hydrogen) atoms. The standard InChI is InChI=1S/C77H150O17P2/c1-8-11-12-13-14-15-16-17-18-19-20-21-22-23-24-25-26-27-28-38-46-53-60-76(81)93-72(64-87-74(79)58-51-44-37-31-29-35-42-49-56-69(6)9-2)66-91-95(83,84)89-62-71(78)63-90-96(85,86)92-67-73(65-88-75(80)59-52-45-40-33-34-41-48-55-68(4)5)94-77(82)61-54-47-39-32-30-36-43-50-57-70(7)10-3/h68-73,78H,8-67H2,1-7H3,(H,83,84)(H,85,86)/t69?,70?,71-,72-,73-/m1/s1. The maximum Gasteiger partial charge on any atom is 0.472 e. The number of phosphoric ester groups is 2. The quantitative estimate of drug-likeness (QED) is 0.0222. The van der Waals surface area contributed by atoms with Gasteiger partial charge in [0.2, 0.25) is 0 Å². The third kappa shape index (κ3) is 67.9. The van der Waals surface area contributed by atoms with E-state index in [4.69, 9.17) is 37.0 Å². The van der Waals surface area contributed by atoms with Crippen LogP contribution in [-0.4, -0.2) is 96.7 Å². The molecule has 0 aliphatic carbocycles. The van der Waals surface area contributed by atoms with Crippen LogP contribution in [0.25, 0.3) is 0 Å². The first-order chi connectivity index (χ1) is 46.3. The molecule has 4 unspecified atom stereocenters. The number of aliphatic hydroxyl groups is 1. The second-order valence-corrected chi connectivity index (χ2v) is 31.6. The van der Waals surface area contributed by atoms with Crippen LogP contribution >= 0.6 is 15.6 Å². The molecule has 0 rings (SSSR count). The number of hydrogen-bond donors (Lipinski definition) is 3. The Kier molecular flexibility index (Phi) is 66.2. The number of carbonyl (C=O) groups excluding carboxylic acids is 4. The van der Waals surface area contributed by atoms with E-state index in [1.165, 1.54) is 199 Å². The molecule has 570 valence electrons. The van der Waals surface area contributed by atoms with Crippen molar-refractivity contribution in [2.75, 3.05) is 39.6 Å². The molecule has 0 bridgehead atoms. The van der Waals surface area contributed by atoms with Gasteiger partial charge in [-0.05, 0) is 43.4 Å². The topological polar surface area (TPSA) is 237 Å². The van der Waals surface area contributed by atoms with E-state index in [1.807, 2.05) is 0 Å². The third-order valence-electron chi connectivity index (χ3n) is 18.6. The first-order valence-corrected chi connectivity index (χ1v) is 42.9. The lowest BCUT2D eigenvalue weighted by molar-refractivity contribution is -0.161. The SMILES string of the molecule is CCCCCCCCCCCCCCCCCCCCCCCCC(=O)O[C@H](COC(=O)CCCCCCCCCCC(C)CC)COP(=O)(O)OC[C@@H](O)COP(=O)(O)OC[C@@H](COC(=O)CCCCCCCCCC(C)C)OC(=O)CCCCCCCCCCC(C)CC. The highest BCUT2D eigenvalue weighted by Gasteiger charge is 2.30. The molecule has 0 radical (unpaired) electrons. The summed E-state index contributed by atoms with van der Waals surface area (Å²) in [6.45, 7) is 11.8. The minimum absolute atomic E-state index is 0.104. The number of ether oxygens (including phenoxy) is 4. The average molecular weight is 1410 g/mol. The van der Waals surface area contributed by atoms with Gasteiger partial charge < -0.3 is 33.8 Å². The Morgan fingerprint density at radius 3 is 0.792 bits per heavy atom. The highest BCUT2D eigenvalue weighted by atomic mass is 31.2. The largest absolute Gasteiger partial charge is 0.472 e. The van der Waals surface area contributed by atoms with Crippen molar-refractivity contribution in [3.63, 3.8) is 0 Å². The van der Waals surface area contributed by atoms with Gasteiger partial charge in [0.25, 0.3) is 0 Å². The summed E-state index contributed by atoms with van der Waals surface area (Å²) in [7, 11) is -9.91. The molecule has 0 saturated heterocycles. The van der Waals surface area contributed by atoms with Crippen LogP contribution in [0.4, 0.5) is 0 Å². The summed E-state index contributed by atoms with van der Waals surface area (Å²) in [5, 5.41) is 10.6.